The number of aromatic nitrogens is 2. The molecule has 0 aromatic carbocycles. The molecule has 1 N–H and O–H groups in total. The van der Waals surface area contributed by atoms with Crippen LogP contribution < -0.4 is 9.67 Å². The first-order valence-electron chi connectivity index (χ1n) is 7.31. The zero-order chi connectivity index (χ0) is 16.5. The minimum Gasteiger partial charge on any atom is -0.543 e. The molecule has 0 saturated carbocycles. The van der Waals surface area contributed by atoms with Gasteiger partial charge in [0.05, 0.1) is 41.7 Å². The topological polar surface area (TPSA) is 89.0 Å². The summed E-state index contributed by atoms with van der Waals surface area (Å²) in [6.45, 7) is 1.56. The van der Waals surface area contributed by atoms with E-state index in [0.717, 1.165) is 9.71 Å². The number of hydrogen-bond acceptors (Lipinski definition) is 5. The van der Waals surface area contributed by atoms with Gasteiger partial charge in [0.15, 0.2) is 0 Å². The summed E-state index contributed by atoms with van der Waals surface area (Å²) in [5.74, 6) is -2.22. The number of imidazole rings is 1. The second kappa shape index (κ2) is 4.65. The van der Waals surface area contributed by atoms with Crippen molar-refractivity contribution in [3.8, 4) is 0 Å². The van der Waals surface area contributed by atoms with Crippen molar-refractivity contribution in [3.05, 3.63) is 29.3 Å². The molecule has 23 heavy (non-hydrogen) atoms. The zero-order valence-electron chi connectivity index (χ0n) is 12.6. The fourth-order valence-corrected chi connectivity index (χ4v) is 4.71. The number of carboxylic acid groups (broad SMARTS) is 1. The van der Waals surface area contributed by atoms with Crippen LogP contribution in [0.15, 0.2) is 24.4 Å². The molecule has 1 fully saturated rings. The molecule has 2 aliphatic heterocycles. The van der Waals surface area contributed by atoms with Gasteiger partial charge in [-0.1, -0.05) is 11.3 Å². The van der Waals surface area contributed by atoms with E-state index in [-0.39, 0.29) is 17.6 Å². The second-order valence-electron chi connectivity index (χ2n) is 6.11. The van der Waals surface area contributed by atoms with E-state index in [2.05, 4.69) is 0 Å². The number of carboxylic acids is 1. The van der Waals surface area contributed by atoms with Gasteiger partial charge in [-0.25, -0.2) is 4.57 Å². The van der Waals surface area contributed by atoms with Gasteiger partial charge < -0.3 is 19.9 Å². The number of carbonyl (C=O) groups is 2. The van der Waals surface area contributed by atoms with E-state index in [4.69, 9.17) is 0 Å². The van der Waals surface area contributed by atoms with E-state index >= 15 is 0 Å². The average molecular weight is 333 g/mol. The van der Waals surface area contributed by atoms with Gasteiger partial charge in [-0.05, 0) is 13.3 Å². The molecule has 4 heterocycles. The number of rotatable bonds is 3. The number of aliphatic hydroxyl groups is 1. The third-order valence-electron chi connectivity index (χ3n) is 4.57. The SMILES string of the molecule is C[C@@H](O)[C@H]1C(=O)N2C(C(=O)[O-])=C(c3cn4c[n+](C)cc4s3)C[C@H]12. The summed E-state index contributed by atoms with van der Waals surface area (Å²) in [5, 5.41) is 21.3. The predicted octanol–water partition coefficient (Wildman–Crippen LogP) is -1.10. The summed E-state index contributed by atoms with van der Waals surface area (Å²) in [6, 6.07) is -0.289. The van der Waals surface area contributed by atoms with Gasteiger partial charge in [0.1, 0.15) is 12.4 Å². The molecule has 0 aliphatic carbocycles. The van der Waals surface area contributed by atoms with Crippen molar-refractivity contribution in [2.45, 2.75) is 25.5 Å². The van der Waals surface area contributed by atoms with E-state index in [1.54, 1.807) is 6.92 Å². The van der Waals surface area contributed by atoms with Crippen molar-refractivity contribution in [3.63, 3.8) is 0 Å². The van der Waals surface area contributed by atoms with Gasteiger partial charge >= 0.3 is 0 Å². The molecular formula is C15H15N3O4S. The van der Waals surface area contributed by atoms with Crippen LogP contribution in [0.5, 0.6) is 0 Å². The lowest BCUT2D eigenvalue weighted by Crippen LogP contribution is -2.62. The van der Waals surface area contributed by atoms with E-state index in [1.165, 1.54) is 16.2 Å². The van der Waals surface area contributed by atoms with Crippen LogP contribution in [0.1, 0.15) is 18.2 Å². The first-order valence-corrected chi connectivity index (χ1v) is 8.13. The molecule has 8 heteroatoms. The lowest BCUT2D eigenvalue weighted by molar-refractivity contribution is -0.669. The number of aliphatic hydroxyl groups excluding tert-OH is 1. The Hall–Kier alpha value is -2.19. The average Bonchev–Trinajstić information content (AvgIpc) is 3.06. The fraction of sp³-hybridized carbons (Fsp3) is 0.400. The number of aliphatic carboxylic acids is 1. The first kappa shape index (κ1) is 14.4. The number of carbonyl (C=O) groups excluding carboxylic acids is 2. The summed E-state index contributed by atoms with van der Waals surface area (Å²) in [4.78, 5) is 26.8. The Labute approximate surface area is 135 Å². The van der Waals surface area contributed by atoms with Crippen LogP contribution in [0.25, 0.3) is 10.4 Å². The number of nitrogens with zero attached hydrogens (tertiary/aromatic N) is 3. The molecule has 7 nitrogen and oxygen atoms in total. The Morgan fingerprint density at radius 2 is 2.30 bits per heavy atom. The Morgan fingerprint density at radius 1 is 1.57 bits per heavy atom. The van der Waals surface area contributed by atoms with Crippen LogP contribution in [0.4, 0.5) is 0 Å². The minimum absolute atomic E-state index is 0.0502. The lowest BCUT2D eigenvalue weighted by Gasteiger charge is -2.45. The molecule has 1 saturated heterocycles. The highest BCUT2D eigenvalue weighted by Gasteiger charge is 2.55. The fourth-order valence-electron chi connectivity index (χ4n) is 3.59. The van der Waals surface area contributed by atoms with E-state index in [1.807, 2.05) is 34.7 Å². The van der Waals surface area contributed by atoms with Gasteiger partial charge in [-0.3, -0.25) is 4.79 Å². The molecule has 0 radical (unpaired) electrons. The van der Waals surface area contributed by atoms with Crippen LogP contribution in [-0.4, -0.2) is 38.4 Å². The number of amides is 1. The molecule has 120 valence electrons. The minimum atomic E-state index is -1.34. The third-order valence-corrected chi connectivity index (χ3v) is 5.66. The van der Waals surface area contributed by atoms with Gasteiger partial charge in [0.2, 0.25) is 17.1 Å². The molecule has 3 atom stereocenters. The normalized spacial score (nSPS) is 25.0. The standard InChI is InChI=1S/C15H15N3O4S/c1-7(19)12-9-3-8(13(15(21)22)18(9)14(12)20)10-4-17-6-16(2)5-11(17)23-10/h4-7,9,12,19H,3H2,1-2H3/t7-,9-,12-/m1/s1. The second-order valence-corrected chi connectivity index (χ2v) is 7.17. The largest absolute Gasteiger partial charge is 0.543 e. The van der Waals surface area contributed by atoms with Crippen molar-refractivity contribution < 1.29 is 24.4 Å². The Morgan fingerprint density at radius 3 is 2.91 bits per heavy atom. The summed E-state index contributed by atoms with van der Waals surface area (Å²) in [7, 11) is 1.92. The maximum Gasteiger partial charge on any atom is 0.249 e. The molecule has 2 aromatic heterocycles. The molecular weight excluding hydrogens is 318 g/mol. The monoisotopic (exact) mass is 333 g/mol. The van der Waals surface area contributed by atoms with Gasteiger partial charge in [-0.15, -0.1) is 0 Å². The van der Waals surface area contributed by atoms with E-state index in [9.17, 15) is 19.8 Å². The van der Waals surface area contributed by atoms with Crippen LogP contribution in [0.2, 0.25) is 0 Å². The number of β-lactam (4-membered cyclic amide) rings is 1. The molecule has 4 rings (SSSR count). The molecule has 1 amide bonds. The Balaban J connectivity index is 1.79. The number of aryl methyl sites for hydroxylation is 1. The molecule has 2 aliphatic rings. The third kappa shape index (κ3) is 1.88. The quantitative estimate of drug-likeness (QED) is 0.570. The molecule has 0 spiro atoms. The smallest absolute Gasteiger partial charge is 0.249 e. The van der Waals surface area contributed by atoms with Crippen LogP contribution in [0.3, 0.4) is 0 Å². The summed E-state index contributed by atoms with van der Waals surface area (Å²) in [5.41, 5.74) is 0.564. The van der Waals surface area contributed by atoms with Gasteiger partial charge in [-0.2, -0.15) is 4.40 Å². The number of fused-ring (bicyclic) bond motifs is 2. The van der Waals surface area contributed by atoms with Crippen LogP contribution in [0, 0.1) is 5.92 Å². The lowest BCUT2D eigenvalue weighted by atomic mass is 9.83. The van der Waals surface area contributed by atoms with Crippen molar-refractivity contribution >= 4 is 33.6 Å². The summed E-state index contributed by atoms with van der Waals surface area (Å²) in [6.07, 6.45) is 5.35. The summed E-state index contributed by atoms with van der Waals surface area (Å²) < 4.78 is 3.84. The maximum absolute atomic E-state index is 12.2. The highest BCUT2D eigenvalue weighted by atomic mass is 32.1. The van der Waals surface area contributed by atoms with Crippen molar-refractivity contribution in [2.24, 2.45) is 13.0 Å². The Bertz CT molecular complexity index is 847. The first-order chi connectivity index (χ1) is 10.9. The highest BCUT2D eigenvalue weighted by molar-refractivity contribution is 7.18. The highest BCUT2D eigenvalue weighted by Crippen LogP contribution is 2.47. The zero-order valence-corrected chi connectivity index (χ0v) is 13.4. The molecule has 0 bridgehead atoms. The Kier molecular flexibility index (Phi) is 2.91. The predicted molar refractivity (Wildman–Crippen MR) is 78.8 cm³/mol. The van der Waals surface area contributed by atoms with Crippen molar-refractivity contribution in [1.29, 1.82) is 0 Å². The molecule has 2 aromatic rings. The van der Waals surface area contributed by atoms with Crippen LogP contribution >= 0.6 is 11.3 Å². The maximum atomic E-state index is 12.2. The van der Waals surface area contributed by atoms with Crippen LogP contribution in [-0.2, 0) is 16.6 Å². The van der Waals surface area contributed by atoms with Gasteiger partial charge in [0, 0.05) is 5.57 Å². The van der Waals surface area contributed by atoms with Crippen molar-refractivity contribution in [2.75, 3.05) is 0 Å². The van der Waals surface area contributed by atoms with E-state index < -0.39 is 18.0 Å². The summed E-state index contributed by atoms with van der Waals surface area (Å²) >= 11 is 1.47. The van der Waals surface area contributed by atoms with Crippen molar-refractivity contribution in [1.82, 2.24) is 9.30 Å². The number of thiazole rings is 1. The molecule has 0 unspecified atom stereocenters. The van der Waals surface area contributed by atoms with E-state index in [0.29, 0.717) is 12.0 Å². The number of hydrogen-bond donors (Lipinski definition) is 1. The van der Waals surface area contributed by atoms with Gasteiger partial charge in [0.25, 0.3) is 0 Å².